The molecule has 1 unspecified atom stereocenters. The summed E-state index contributed by atoms with van der Waals surface area (Å²) in [5, 5.41) is 0.165. The van der Waals surface area contributed by atoms with Crippen molar-refractivity contribution in [3.63, 3.8) is 0 Å². The van der Waals surface area contributed by atoms with Gasteiger partial charge in [-0.15, -0.1) is 0 Å². The Kier molecular flexibility index (Phi) is 7.06. The Labute approximate surface area is 188 Å². The second-order valence-electron chi connectivity index (χ2n) is 7.96. The van der Waals surface area contributed by atoms with Crippen LogP contribution >= 0.6 is 0 Å². The van der Waals surface area contributed by atoms with E-state index in [2.05, 4.69) is 4.98 Å². The van der Waals surface area contributed by atoms with E-state index in [1.54, 1.807) is 13.0 Å². The van der Waals surface area contributed by atoms with Crippen LogP contribution in [0.25, 0.3) is 10.9 Å². The maximum absolute atomic E-state index is 14.7. The van der Waals surface area contributed by atoms with E-state index in [-0.39, 0.29) is 46.9 Å². The summed E-state index contributed by atoms with van der Waals surface area (Å²) in [5.74, 6) is -3.85. The van der Waals surface area contributed by atoms with Gasteiger partial charge in [0.15, 0.2) is 12.1 Å². The maximum atomic E-state index is 14.7. The second-order valence-corrected chi connectivity index (χ2v) is 7.96. The van der Waals surface area contributed by atoms with Gasteiger partial charge < -0.3 is 5.73 Å². The fraction of sp³-hybridized carbons (Fsp3) is 0.240. The Balaban J connectivity index is 1.97. The molecule has 2 aromatic carbocycles. The summed E-state index contributed by atoms with van der Waals surface area (Å²) < 4.78 is 28.9. The number of Topliss-reactive ketones (excluding diaryl/α,β-unsaturated/α-hetero) is 3. The SMILES string of the molecule is CC(=O)CC(=O)C(CC(=O)c1cc2c(F)cccc2nc1C)Cc1ccc(N)c(C=O)c1F. The minimum atomic E-state index is -1.03. The van der Waals surface area contributed by atoms with Crippen molar-refractivity contribution in [3.05, 3.63) is 70.4 Å². The number of nitrogen functional groups attached to an aromatic ring is 1. The molecule has 0 fully saturated rings. The van der Waals surface area contributed by atoms with Crippen LogP contribution in [-0.4, -0.2) is 28.6 Å². The number of carbonyl (C=O) groups is 4. The summed E-state index contributed by atoms with van der Waals surface area (Å²) in [4.78, 5) is 52.8. The number of ketones is 3. The fourth-order valence-electron chi connectivity index (χ4n) is 3.76. The number of hydrogen-bond donors (Lipinski definition) is 1. The molecule has 170 valence electrons. The normalized spacial score (nSPS) is 11.9. The van der Waals surface area contributed by atoms with Crippen molar-refractivity contribution in [1.82, 2.24) is 4.98 Å². The van der Waals surface area contributed by atoms with E-state index in [1.807, 2.05) is 0 Å². The third-order valence-corrected chi connectivity index (χ3v) is 5.48. The number of benzene rings is 2. The first kappa shape index (κ1) is 23.8. The smallest absolute Gasteiger partial charge is 0.165 e. The lowest BCUT2D eigenvalue weighted by molar-refractivity contribution is -0.128. The number of halogens is 2. The summed E-state index contributed by atoms with van der Waals surface area (Å²) in [6, 6.07) is 8.45. The molecule has 33 heavy (non-hydrogen) atoms. The second kappa shape index (κ2) is 9.77. The van der Waals surface area contributed by atoms with E-state index in [0.717, 1.165) is 0 Å². The van der Waals surface area contributed by atoms with Gasteiger partial charge in [-0.3, -0.25) is 24.2 Å². The van der Waals surface area contributed by atoms with Crippen LogP contribution in [0.2, 0.25) is 0 Å². The zero-order valence-electron chi connectivity index (χ0n) is 18.2. The maximum Gasteiger partial charge on any atom is 0.165 e. The Morgan fingerprint density at radius 2 is 1.88 bits per heavy atom. The average molecular weight is 452 g/mol. The van der Waals surface area contributed by atoms with Gasteiger partial charge in [-0.1, -0.05) is 12.1 Å². The molecule has 6 nitrogen and oxygen atoms in total. The third-order valence-electron chi connectivity index (χ3n) is 5.48. The molecule has 1 aromatic heterocycles. The van der Waals surface area contributed by atoms with Gasteiger partial charge in [0.2, 0.25) is 0 Å². The first-order valence-corrected chi connectivity index (χ1v) is 10.3. The van der Waals surface area contributed by atoms with Gasteiger partial charge in [-0.05, 0) is 50.1 Å². The van der Waals surface area contributed by atoms with E-state index in [9.17, 15) is 28.0 Å². The van der Waals surface area contributed by atoms with Gasteiger partial charge in [-0.25, -0.2) is 8.78 Å². The largest absolute Gasteiger partial charge is 0.398 e. The van der Waals surface area contributed by atoms with Crippen LogP contribution in [-0.2, 0) is 16.0 Å². The molecule has 0 saturated heterocycles. The molecule has 0 aliphatic carbocycles. The molecule has 2 N–H and O–H groups in total. The van der Waals surface area contributed by atoms with Crippen LogP contribution in [0.3, 0.4) is 0 Å². The highest BCUT2D eigenvalue weighted by Crippen LogP contribution is 2.26. The number of anilines is 1. The van der Waals surface area contributed by atoms with Gasteiger partial charge in [0.05, 0.1) is 17.5 Å². The highest BCUT2D eigenvalue weighted by Gasteiger charge is 2.27. The van der Waals surface area contributed by atoms with E-state index < -0.39 is 41.3 Å². The molecule has 0 bridgehead atoms. The van der Waals surface area contributed by atoms with Crippen LogP contribution in [0, 0.1) is 24.5 Å². The molecular formula is C25H22F2N2O4. The molecule has 0 spiro atoms. The van der Waals surface area contributed by atoms with Crippen molar-refractivity contribution in [2.24, 2.45) is 5.92 Å². The summed E-state index contributed by atoms with van der Waals surface area (Å²) >= 11 is 0. The number of aryl methyl sites for hydroxylation is 1. The molecule has 0 saturated carbocycles. The minimum absolute atomic E-state index is 0.0282. The van der Waals surface area contributed by atoms with Gasteiger partial charge in [0.1, 0.15) is 23.2 Å². The number of carbonyl (C=O) groups excluding carboxylic acids is 4. The lowest BCUT2D eigenvalue weighted by Gasteiger charge is -2.17. The predicted octanol–water partition coefficient (Wildman–Crippen LogP) is 4.20. The zero-order valence-corrected chi connectivity index (χ0v) is 18.2. The van der Waals surface area contributed by atoms with Crippen molar-refractivity contribution in [1.29, 1.82) is 0 Å². The average Bonchev–Trinajstić information content (AvgIpc) is 2.74. The molecule has 0 aliphatic heterocycles. The molecule has 1 heterocycles. The highest BCUT2D eigenvalue weighted by atomic mass is 19.1. The summed E-state index contributed by atoms with van der Waals surface area (Å²) in [5.41, 5.74) is 6.15. The van der Waals surface area contributed by atoms with E-state index in [1.165, 1.54) is 37.3 Å². The number of aldehydes is 1. The van der Waals surface area contributed by atoms with Crippen molar-refractivity contribution >= 4 is 40.2 Å². The van der Waals surface area contributed by atoms with Gasteiger partial charge >= 0.3 is 0 Å². The van der Waals surface area contributed by atoms with Crippen LogP contribution in [0.1, 0.15) is 51.7 Å². The van der Waals surface area contributed by atoms with Gasteiger partial charge in [-0.2, -0.15) is 0 Å². The Bertz CT molecular complexity index is 1290. The fourth-order valence-corrected chi connectivity index (χ4v) is 3.76. The Hall–Kier alpha value is -3.81. The Morgan fingerprint density at radius 1 is 1.15 bits per heavy atom. The first-order valence-electron chi connectivity index (χ1n) is 10.3. The number of nitrogens with two attached hydrogens (primary N) is 1. The number of nitrogens with zero attached hydrogens (tertiary/aromatic N) is 1. The third kappa shape index (κ3) is 5.16. The van der Waals surface area contributed by atoms with Crippen molar-refractivity contribution < 1.29 is 28.0 Å². The number of rotatable bonds is 9. The molecule has 8 heteroatoms. The van der Waals surface area contributed by atoms with E-state index in [0.29, 0.717) is 11.2 Å². The van der Waals surface area contributed by atoms with Crippen molar-refractivity contribution in [2.45, 2.75) is 33.1 Å². The zero-order chi connectivity index (χ0) is 24.3. The lowest BCUT2D eigenvalue weighted by Crippen LogP contribution is -2.24. The van der Waals surface area contributed by atoms with Crippen molar-refractivity contribution in [3.8, 4) is 0 Å². The first-order chi connectivity index (χ1) is 15.6. The number of fused-ring (bicyclic) bond motifs is 1. The number of hydrogen-bond acceptors (Lipinski definition) is 6. The number of aromatic nitrogens is 1. The number of pyridine rings is 1. The topological polar surface area (TPSA) is 107 Å². The van der Waals surface area contributed by atoms with Gasteiger partial charge in [0, 0.05) is 34.7 Å². The molecule has 0 radical (unpaired) electrons. The highest BCUT2D eigenvalue weighted by molar-refractivity contribution is 6.05. The molecule has 1 atom stereocenters. The van der Waals surface area contributed by atoms with E-state index in [4.69, 9.17) is 5.73 Å². The standard InChI is InChI=1S/C25H22F2N2O4/c1-13(31)8-23(32)16(9-15-6-7-21(28)19(12-30)25(15)27)10-24(33)17-11-18-20(26)4-3-5-22(18)29-14(17)2/h3-7,11-12,16H,8-10,28H2,1-2H3. The summed E-state index contributed by atoms with van der Waals surface area (Å²) in [6.45, 7) is 2.84. The Morgan fingerprint density at radius 3 is 2.55 bits per heavy atom. The van der Waals surface area contributed by atoms with Crippen LogP contribution in [0.5, 0.6) is 0 Å². The van der Waals surface area contributed by atoms with Crippen molar-refractivity contribution in [2.75, 3.05) is 5.73 Å². The quantitative estimate of drug-likeness (QED) is 0.226. The summed E-state index contributed by atoms with van der Waals surface area (Å²) in [6.07, 6.45) is -0.683. The molecule has 3 rings (SSSR count). The van der Waals surface area contributed by atoms with Crippen LogP contribution in [0.4, 0.5) is 14.5 Å². The summed E-state index contributed by atoms with van der Waals surface area (Å²) in [7, 11) is 0. The molecule has 3 aromatic rings. The lowest BCUT2D eigenvalue weighted by atomic mass is 9.86. The van der Waals surface area contributed by atoms with Gasteiger partial charge in [0.25, 0.3) is 0 Å². The monoisotopic (exact) mass is 452 g/mol. The van der Waals surface area contributed by atoms with E-state index >= 15 is 0 Å². The molecule has 0 amide bonds. The predicted molar refractivity (Wildman–Crippen MR) is 119 cm³/mol. The molecule has 0 aliphatic rings. The van der Waals surface area contributed by atoms with Crippen LogP contribution in [0.15, 0.2) is 36.4 Å². The molecular weight excluding hydrogens is 430 g/mol. The minimum Gasteiger partial charge on any atom is -0.398 e. The van der Waals surface area contributed by atoms with Crippen LogP contribution < -0.4 is 5.73 Å².